The molecule has 38 heavy (non-hydrogen) atoms. The number of hydrogen-bond acceptors (Lipinski definition) is 8. The number of anilines is 1. The number of fused-ring (bicyclic) bond motifs is 3. The van der Waals surface area contributed by atoms with Crippen molar-refractivity contribution < 1.29 is 9.26 Å². The third kappa shape index (κ3) is 4.17. The van der Waals surface area contributed by atoms with Crippen molar-refractivity contribution in [3.63, 3.8) is 0 Å². The van der Waals surface area contributed by atoms with Crippen LogP contribution in [0.2, 0.25) is 5.15 Å². The van der Waals surface area contributed by atoms with E-state index in [9.17, 15) is 9.59 Å². The Labute approximate surface area is 221 Å². The predicted molar refractivity (Wildman–Crippen MR) is 144 cm³/mol. The first-order valence-corrected chi connectivity index (χ1v) is 12.8. The summed E-state index contributed by atoms with van der Waals surface area (Å²) in [4.78, 5) is 31.9. The maximum Gasteiger partial charge on any atom is 0.439 e. The molecule has 0 spiro atoms. The minimum atomic E-state index is -0.690. The van der Waals surface area contributed by atoms with Crippen LogP contribution in [0.15, 0.2) is 44.6 Å². The molecule has 1 saturated heterocycles. The number of rotatable bonds is 5. The molecule has 0 aliphatic carbocycles. The normalized spacial score (nSPS) is 15.4. The molecule has 11 nitrogen and oxygen atoms in total. The number of pyridine rings is 2. The number of nitrogens with one attached hydrogen (secondary N) is 2. The maximum absolute atomic E-state index is 13.5. The van der Waals surface area contributed by atoms with Crippen molar-refractivity contribution in [3.8, 4) is 11.5 Å². The number of hydrogen-bond donors (Lipinski definition) is 2. The molecular formula is C26H26ClN7O4. The van der Waals surface area contributed by atoms with Crippen molar-refractivity contribution in [3.05, 3.63) is 67.6 Å². The minimum absolute atomic E-state index is 0.101. The molecule has 0 saturated carbocycles. The Morgan fingerprint density at radius 2 is 1.97 bits per heavy atom. The van der Waals surface area contributed by atoms with Gasteiger partial charge in [0.2, 0.25) is 5.82 Å². The fourth-order valence-corrected chi connectivity index (χ4v) is 5.37. The quantitative estimate of drug-likeness (QED) is 0.321. The highest BCUT2D eigenvalue weighted by Gasteiger charge is 2.23. The molecule has 1 atom stereocenters. The summed E-state index contributed by atoms with van der Waals surface area (Å²) in [6.45, 7) is 5.37. The van der Waals surface area contributed by atoms with Gasteiger partial charge in [0.05, 0.1) is 11.7 Å². The van der Waals surface area contributed by atoms with Crippen LogP contribution in [0.3, 0.4) is 0 Å². The van der Waals surface area contributed by atoms with Crippen LogP contribution in [0.25, 0.3) is 33.3 Å². The van der Waals surface area contributed by atoms with Gasteiger partial charge in [-0.15, -0.1) is 0 Å². The first-order valence-electron chi connectivity index (χ1n) is 12.4. The summed E-state index contributed by atoms with van der Waals surface area (Å²) >= 11 is 6.15. The van der Waals surface area contributed by atoms with Crippen LogP contribution in [0.1, 0.15) is 43.0 Å². The average molecular weight is 536 g/mol. The van der Waals surface area contributed by atoms with E-state index in [4.69, 9.17) is 21.4 Å². The standard InChI is InChI=1S/C26H26ClN7O4/c1-13-10-16(14(2)28-19-4-5-20(27)29-22(19)23-30-26(36)38-32-23)21-17(11-13)25(35)33(3)24-18(21)12-34(31-24)15-6-8-37-9-7-15/h4-5,10-12,14-15,28H,6-9H2,1-3H3,(H,30,32,36). The first kappa shape index (κ1) is 24.4. The van der Waals surface area contributed by atoms with Gasteiger partial charge < -0.3 is 10.1 Å². The topological polar surface area (TPSA) is 133 Å². The molecule has 1 unspecified atom stereocenters. The van der Waals surface area contributed by atoms with Gasteiger partial charge in [0.1, 0.15) is 10.8 Å². The van der Waals surface area contributed by atoms with Crippen molar-refractivity contribution >= 4 is 39.1 Å². The summed E-state index contributed by atoms with van der Waals surface area (Å²) in [5.74, 6) is -0.527. The van der Waals surface area contributed by atoms with Crippen molar-refractivity contribution in [1.29, 1.82) is 0 Å². The Kier molecular flexibility index (Phi) is 6.04. The largest absolute Gasteiger partial charge is 0.439 e. The molecule has 196 valence electrons. The molecular weight excluding hydrogens is 510 g/mol. The van der Waals surface area contributed by atoms with Crippen LogP contribution in [-0.4, -0.2) is 42.7 Å². The fraction of sp³-hybridized carbons (Fsp3) is 0.346. The van der Waals surface area contributed by atoms with Gasteiger partial charge in [-0.05, 0) is 56.0 Å². The molecule has 6 rings (SSSR count). The number of halogens is 1. The van der Waals surface area contributed by atoms with Crippen LogP contribution in [-0.2, 0) is 11.8 Å². The Morgan fingerprint density at radius 3 is 2.71 bits per heavy atom. The van der Waals surface area contributed by atoms with E-state index in [1.54, 1.807) is 23.7 Å². The summed E-state index contributed by atoms with van der Waals surface area (Å²) in [6.07, 6.45) is 3.80. The number of aromatic nitrogens is 6. The van der Waals surface area contributed by atoms with Crippen LogP contribution >= 0.6 is 11.6 Å². The van der Waals surface area contributed by atoms with E-state index in [2.05, 4.69) is 31.0 Å². The van der Waals surface area contributed by atoms with Crippen LogP contribution in [0.4, 0.5) is 5.69 Å². The Bertz CT molecular complexity index is 1800. The predicted octanol–water partition coefficient (Wildman–Crippen LogP) is 4.11. The van der Waals surface area contributed by atoms with Gasteiger partial charge in [0, 0.05) is 48.7 Å². The van der Waals surface area contributed by atoms with Gasteiger partial charge in [0.15, 0.2) is 5.65 Å². The van der Waals surface area contributed by atoms with Gasteiger partial charge in [-0.2, -0.15) is 5.10 Å². The highest BCUT2D eigenvalue weighted by atomic mass is 35.5. The SMILES string of the molecule is Cc1cc(C(C)Nc2ccc(Cl)nc2-c2noc(=O)[nH]2)c2c(c1)c(=O)n(C)c1nn(C3CCOCC3)cc21. The molecule has 0 amide bonds. The zero-order valence-electron chi connectivity index (χ0n) is 21.1. The van der Waals surface area contributed by atoms with Crippen molar-refractivity contribution in [2.24, 2.45) is 7.05 Å². The smallest absolute Gasteiger partial charge is 0.381 e. The Morgan fingerprint density at radius 1 is 1.18 bits per heavy atom. The number of H-pyrrole nitrogens is 1. The highest BCUT2D eigenvalue weighted by Crippen LogP contribution is 2.35. The second kappa shape index (κ2) is 9.41. The second-order valence-electron chi connectivity index (χ2n) is 9.67. The maximum atomic E-state index is 13.5. The van der Waals surface area contributed by atoms with E-state index in [0.717, 1.165) is 34.7 Å². The molecule has 5 aromatic rings. The van der Waals surface area contributed by atoms with E-state index in [-0.39, 0.29) is 28.6 Å². The molecule has 1 aromatic carbocycles. The lowest BCUT2D eigenvalue weighted by Gasteiger charge is -2.22. The van der Waals surface area contributed by atoms with Gasteiger partial charge in [0.25, 0.3) is 5.56 Å². The van der Waals surface area contributed by atoms with Crippen molar-refractivity contribution in [2.45, 2.75) is 38.8 Å². The number of ether oxygens (including phenoxy) is 1. The van der Waals surface area contributed by atoms with Crippen molar-refractivity contribution in [2.75, 3.05) is 18.5 Å². The third-order valence-corrected chi connectivity index (χ3v) is 7.29. The third-order valence-electron chi connectivity index (χ3n) is 7.08. The molecule has 0 radical (unpaired) electrons. The van der Waals surface area contributed by atoms with E-state index in [0.29, 0.717) is 35.6 Å². The Hall–Kier alpha value is -3.96. The van der Waals surface area contributed by atoms with E-state index < -0.39 is 5.76 Å². The van der Waals surface area contributed by atoms with Gasteiger partial charge in [-0.3, -0.25) is 23.6 Å². The van der Waals surface area contributed by atoms with Crippen LogP contribution < -0.4 is 16.6 Å². The molecule has 0 bridgehead atoms. The zero-order chi connectivity index (χ0) is 26.6. The van der Waals surface area contributed by atoms with E-state index >= 15 is 0 Å². The summed E-state index contributed by atoms with van der Waals surface area (Å²) in [6, 6.07) is 7.38. The van der Waals surface area contributed by atoms with Gasteiger partial charge in [-0.1, -0.05) is 22.8 Å². The average Bonchev–Trinajstić information content (AvgIpc) is 3.55. The molecule has 1 aliphatic heterocycles. The van der Waals surface area contributed by atoms with E-state index in [1.807, 2.05) is 30.8 Å². The number of aryl methyl sites for hydroxylation is 2. The molecule has 1 fully saturated rings. The Balaban J connectivity index is 1.51. The van der Waals surface area contributed by atoms with Gasteiger partial charge >= 0.3 is 5.76 Å². The van der Waals surface area contributed by atoms with Crippen LogP contribution in [0, 0.1) is 6.92 Å². The molecule has 1 aliphatic rings. The van der Waals surface area contributed by atoms with Crippen LogP contribution in [0.5, 0.6) is 0 Å². The summed E-state index contributed by atoms with van der Waals surface area (Å²) < 4.78 is 13.8. The lowest BCUT2D eigenvalue weighted by molar-refractivity contribution is 0.0664. The number of benzene rings is 1. The molecule has 12 heteroatoms. The fourth-order valence-electron chi connectivity index (χ4n) is 5.22. The van der Waals surface area contributed by atoms with E-state index in [1.165, 1.54) is 0 Å². The highest BCUT2D eigenvalue weighted by molar-refractivity contribution is 6.29. The molecule has 5 heterocycles. The summed E-state index contributed by atoms with van der Waals surface area (Å²) in [5, 5.41) is 14.7. The second-order valence-corrected chi connectivity index (χ2v) is 10.1. The lowest BCUT2D eigenvalue weighted by atomic mass is 9.95. The minimum Gasteiger partial charge on any atom is -0.381 e. The monoisotopic (exact) mass is 535 g/mol. The lowest BCUT2D eigenvalue weighted by Crippen LogP contribution is -2.21. The zero-order valence-corrected chi connectivity index (χ0v) is 21.9. The number of aromatic amines is 1. The summed E-state index contributed by atoms with van der Waals surface area (Å²) in [5.41, 5.74) is 3.38. The van der Waals surface area contributed by atoms with Crippen molar-refractivity contribution in [1.82, 2.24) is 29.5 Å². The summed E-state index contributed by atoms with van der Waals surface area (Å²) in [7, 11) is 1.76. The molecule has 4 aromatic heterocycles. The van der Waals surface area contributed by atoms with Gasteiger partial charge in [-0.25, -0.2) is 9.78 Å². The number of nitrogens with zero attached hydrogens (tertiary/aromatic N) is 5. The molecule has 2 N–H and O–H groups in total. The first-order chi connectivity index (χ1) is 18.3.